The van der Waals surface area contributed by atoms with Crippen LogP contribution < -0.4 is 0 Å². The van der Waals surface area contributed by atoms with Crippen molar-refractivity contribution < 1.29 is 13.2 Å². The lowest BCUT2D eigenvalue weighted by Gasteiger charge is -2.40. The van der Waals surface area contributed by atoms with E-state index >= 15 is 0 Å². The average Bonchev–Trinajstić information content (AvgIpc) is 2.67. The first-order chi connectivity index (χ1) is 12.9. The highest BCUT2D eigenvalue weighted by atomic mass is 19.4. The van der Waals surface area contributed by atoms with E-state index in [1.165, 1.54) is 29.7 Å². The highest BCUT2D eigenvalue weighted by Crippen LogP contribution is 2.38. The molecular formula is C22H25F3N2. The monoisotopic (exact) mass is 374 g/mol. The lowest BCUT2D eigenvalue weighted by Crippen LogP contribution is -2.46. The fraction of sp³-hybridized carbons (Fsp3) is 0.455. The summed E-state index contributed by atoms with van der Waals surface area (Å²) in [5, 5.41) is 0. The average molecular weight is 374 g/mol. The molecule has 0 bridgehead atoms. The lowest BCUT2D eigenvalue weighted by molar-refractivity contribution is -0.137. The molecule has 4 rings (SSSR count). The minimum Gasteiger partial charge on any atom is -0.304 e. The molecule has 1 aliphatic heterocycles. The van der Waals surface area contributed by atoms with Gasteiger partial charge in [0.05, 0.1) is 5.56 Å². The van der Waals surface area contributed by atoms with Crippen LogP contribution in [0.1, 0.15) is 35.6 Å². The zero-order valence-electron chi connectivity index (χ0n) is 15.6. The summed E-state index contributed by atoms with van der Waals surface area (Å²) in [6.07, 6.45) is -0.843. The van der Waals surface area contributed by atoms with E-state index in [4.69, 9.17) is 0 Å². The molecule has 0 aromatic heterocycles. The van der Waals surface area contributed by atoms with Gasteiger partial charge in [-0.3, -0.25) is 4.90 Å². The van der Waals surface area contributed by atoms with Crippen LogP contribution in [0.4, 0.5) is 13.2 Å². The summed E-state index contributed by atoms with van der Waals surface area (Å²) < 4.78 is 38.5. The fourth-order valence-electron chi connectivity index (χ4n) is 4.32. The van der Waals surface area contributed by atoms with Crippen LogP contribution >= 0.6 is 0 Å². The van der Waals surface area contributed by atoms with Crippen molar-refractivity contribution in [1.82, 2.24) is 9.80 Å². The summed E-state index contributed by atoms with van der Waals surface area (Å²) in [4.78, 5) is 4.94. The van der Waals surface area contributed by atoms with Gasteiger partial charge >= 0.3 is 6.18 Å². The second-order valence-electron chi connectivity index (χ2n) is 7.74. The van der Waals surface area contributed by atoms with E-state index in [1.54, 1.807) is 12.1 Å². The number of halogens is 3. The summed E-state index contributed by atoms with van der Waals surface area (Å²) >= 11 is 0. The predicted molar refractivity (Wildman–Crippen MR) is 102 cm³/mol. The Hall–Kier alpha value is -1.85. The summed E-state index contributed by atoms with van der Waals surface area (Å²) in [5.74, 6) is 0. The maximum absolute atomic E-state index is 12.8. The largest absolute Gasteiger partial charge is 0.416 e. The third-order valence-electron chi connectivity index (χ3n) is 5.95. The Bertz CT molecular complexity index is 790. The van der Waals surface area contributed by atoms with Crippen LogP contribution in [-0.2, 0) is 12.6 Å². The van der Waals surface area contributed by atoms with Gasteiger partial charge < -0.3 is 4.90 Å². The molecule has 0 amide bonds. The summed E-state index contributed by atoms with van der Waals surface area (Å²) in [6.45, 7) is 4.32. The van der Waals surface area contributed by atoms with Crippen LogP contribution in [0.5, 0.6) is 0 Å². The third-order valence-corrected chi connectivity index (χ3v) is 5.95. The zero-order chi connectivity index (χ0) is 19.0. The van der Waals surface area contributed by atoms with Gasteiger partial charge in [0.2, 0.25) is 0 Å². The number of likely N-dealkylation sites (N-methyl/N-ethyl adjacent to an activating group) is 1. The standard InChI is InChI=1S/C22H25F3N2/c1-26-11-13-27(14-12-26)21-4-2-3-17-5-6-18(15-20(17)21)16-7-9-19(10-8-16)22(23,24)25/h5-10,15,21H,2-4,11-14H2,1H3. The number of hydrogen-bond donors (Lipinski definition) is 0. The van der Waals surface area contributed by atoms with Crippen LogP contribution in [0.25, 0.3) is 11.1 Å². The first-order valence-corrected chi connectivity index (χ1v) is 9.65. The van der Waals surface area contributed by atoms with E-state index in [9.17, 15) is 13.2 Å². The molecule has 1 atom stereocenters. The van der Waals surface area contributed by atoms with E-state index in [0.29, 0.717) is 6.04 Å². The lowest BCUT2D eigenvalue weighted by atomic mass is 9.84. The molecule has 0 saturated carbocycles. The van der Waals surface area contributed by atoms with Crippen LogP contribution in [-0.4, -0.2) is 43.0 Å². The van der Waals surface area contributed by atoms with Crippen molar-refractivity contribution in [2.24, 2.45) is 0 Å². The second-order valence-corrected chi connectivity index (χ2v) is 7.74. The molecule has 2 aromatic rings. The number of hydrogen-bond acceptors (Lipinski definition) is 2. The molecule has 1 aliphatic carbocycles. The maximum Gasteiger partial charge on any atom is 0.416 e. The molecule has 2 nitrogen and oxygen atoms in total. The molecule has 0 radical (unpaired) electrons. The molecule has 0 spiro atoms. The first-order valence-electron chi connectivity index (χ1n) is 9.65. The number of aryl methyl sites for hydroxylation is 1. The van der Waals surface area contributed by atoms with Crippen molar-refractivity contribution in [2.75, 3.05) is 33.2 Å². The molecule has 2 aliphatic rings. The third kappa shape index (κ3) is 3.90. The smallest absolute Gasteiger partial charge is 0.304 e. The number of fused-ring (bicyclic) bond motifs is 1. The van der Waals surface area contributed by atoms with Gasteiger partial charge in [0.25, 0.3) is 0 Å². The van der Waals surface area contributed by atoms with E-state index in [0.717, 1.165) is 50.1 Å². The molecule has 0 N–H and O–H groups in total. The molecule has 1 fully saturated rings. The Morgan fingerprint density at radius 1 is 0.889 bits per heavy atom. The van der Waals surface area contributed by atoms with E-state index < -0.39 is 11.7 Å². The first kappa shape index (κ1) is 18.5. The fourth-order valence-corrected chi connectivity index (χ4v) is 4.32. The van der Waals surface area contributed by atoms with Gasteiger partial charge in [0, 0.05) is 32.2 Å². The van der Waals surface area contributed by atoms with Crippen molar-refractivity contribution in [3.8, 4) is 11.1 Å². The van der Waals surface area contributed by atoms with Crippen molar-refractivity contribution >= 4 is 0 Å². The minimum absolute atomic E-state index is 0.428. The normalized spacial score (nSPS) is 21.9. The Balaban J connectivity index is 1.62. The van der Waals surface area contributed by atoms with E-state index in [2.05, 4.69) is 29.0 Å². The molecule has 1 saturated heterocycles. The van der Waals surface area contributed by atoms with Crippen LogP contribution in [0, 0.1) is 0 Å². The Morgan fingerprint density at radius 3 is 2.22 bits per heavy atom. The number of nitrogens with zero attached hydrogens (tertiary/aromatic N) is 2. The zero-order valence-corrected chi connectivity index (χ0v) is 15.6. The number of piperazine rings is 1. The van der Waals surface area contributed by atoms with Gasteiger partial charge in [-0.25, -0.2) is 0 Å². The quantitative estimate of drug-likeness (QED) is 0.730. The second kappa shape index (κ2) is 7.28. The minimum atomic E-state index is -4.29. The maximum atomic E-state index is 12.8. The highest BCUT2D eigenvalue weighted by molar-refractivity contribution is 5.65. The van der Waals surface area contributed by atoms with E-state index in [-0.39, 0.29) is 0 Å². The number of benzene rings is 2. The van der Waals surface area contributed by atoms with Gasteiger partial charge in [-0.2, -0.15) is 13.2 Å². The SMILES string of the molecule is CN1CCN(C2CCCc3ccc(-c4ccc(C(F)(F)F)cc4)cc32)CC1. The molecule has 1 heterocycles. The van der Waals surface area contributed by atoms with Crippen molar-refractivity contribution in [3.05, 3.63) is 59.2 Å². The van der Waals surface area contributed by atoms with Gasteiger partial charge in [-0.05, 0) is 66.8 Å². The molecule has 144 valence electrons. The molecule has 2 aromatic carbocycles. The Labute approximate surface area is 158 Å². The van der Waals surface area contributed by atoms with Crippen LogP contribution in [0.3, 0.4) is 0 Å². The van der Waals surface area contributed by atoms with Crippen LogP contribution in [0.15, 0.2) is 42.5 Å². The molecule has 27 heavy (non-hydrogen) atoms. The van der Waals surface area contributed by atoms with Gasteiger partial charge in [0.15, 0.2) is 0 Å². The Morgan fingerprint density at radius 2 is 1.56 bits per heavy atom. The molecular weight excluding hydrogens is 349 g/mol. The van der Waals surface area contributed by atoms with Crippen LogP contribution in [0.2, 0.25) is 0 Å². The van der Waals surface area contributed by atoms with Gasteiger partial charge in [-0.15, -0.1) is 0 Å². The number of rotatable bonds is 2. The predicted octanol–water partition coefficient (Wildman–Crippen LogP) is 5.00. The number of alkyl halides is 3. The van der Waals surface area contributed by atoms with Gasteiger partial charge in [0.1, 0.15) is 0 Å². The summed E-state index contributed by atoms with van der Waals surface area (Å²) in [7, 11) is 2.16. The summed E-state index contributed by atoms with van der Waals surface area (Å²) in [5.41, 5.74) is 4.00. The van der Waals surface area contributed by atoms with Crippen molar-refractivity contribution in [2.45, 2.75) is 31.5 Å². The summed E-state index contributed by atoms with van der Waals surface area (Å²) in [6, 6.07) is 12.4. The van der Waals surface area contributed by atoms with Crippen molar-refractivity contribution in [1.29, 1.82) is 0 Å². The molecule has 1 unspecified atom stereocenters. The Kier molecular flexibility index (Phi) is 4.99. The van der Waals surface area contributed by atoms with Gasteiger partial charge in [-0.1, -0.05) is 24.3 Å². The molecule has 5 heteroatoms. The van der Waals surface area contributed by atoms with Crippen molar-refractivity contribution in [3.63, 3.8) is 0 Å². The topological polar surface area (TPSA) is 6.48 Å². The highest BCUT2D eigenvalue weighted by Gasteiger charge is 2.30. The van der Waals surface area contributed by atoms with E-state index in [1.807, 2.05) is 6.07 Å².